The second-order valence-corrected chi connectivity index (χ2v) is 4.15. The molecule has 0 aliphatic carbocycles. The molecule has 1 N–H and O–H groups in total. The molecular formula is C11H21FN4. The molecule has 0 fully saturated rings. The summed E-state index contributed by atoms with van der Waals surface area (Å²) in [6, 6.07) is 0. The van der Waals surface area contributed by atoms with Gasteiger partial charge in [-0.2, -0.15) is 9.49 Å². The molecule has 0 saturated heterocycles. The SMILES string of the molecule is CCn1nc(C)c(CNCCN(C)C)c1F. The zero-order valence-corrected chi connectivity index (χ0v) is 10.5. The molecule has 0 saturated carbocycles. The second kappa shape index (κ2) is 5.96. The van der Waals surface area contributed by atoms with Gasteiger partial charge in [-0.1, -0.05) is 0 Å². The molecule has 0 aromatic carbocycles. The van der Waals surface area contributed by atoms with Crippen LogP contribution < -0.4 is 5.32 Å². The smallest absolute Gasteiger partial charge is 0.216 e. The van der Waals surface area contributed by atoms with E-state index in [0.29, 0.717) is 18.7 Å². The number of nitrogens with one attached hydrogen (secondary N) is 1. The lowest BCUT2D eigenvalue weighted by atomic mass is 10.2. The second-order valence-electron chi connectivity index (χ2n) is 4.15. The van der Waals surface area contributed by atoms with Gasteiger partial charge in [0.25, 0.3) is 0 Å². The standard InChI is InChI=1S/C11H21FN4/c1-5-16-11(12)10(9(2)14-16)8-13-6-7-15(3)4/h13H,5-8H2,1-4H3. The minimum absolute atomic E-state index is 0.211. The molecule has 0 amide bonds. The van der Waals surface area contributed by atoms with Gasteiger partial charge in [0.15, 0.2) is 0 Å². The maximum atomic E-state index is 13.7. The van der Waals surface area contributed by atoms with Crippen molar-refractivity contribution in [1.29, 1.82) is 0 Å². The minimum atomic E-state index is -0.211. The maximum absolute atomic E-state index is 13.7. The Kier molecular flexibility index (Phi) is 4.89. The molecular weight excluding hydrogens is 207 g/mol. The third-order valence-corrected chi connectivity index (χ3v) is 2.52. The lowest BCUT2D eigenvalue weighted by molar-refractivity contribution is 0.397. The van der Waals surface area contributed by atoms with Crippen LogP contribution in [0.1, 0.15) is 18.2 Å². The number of halogens is 1. The van der Waals surface area contributed by atoms with Gasteiger partial charge in [0, 0.05) is 31.7 Å². The summed E-state index contributed by atoms with van der Waals surface area (Å²) >= 11 is 0. The molecule has 1 heterocycles. The van der Waals surface area contributed by atoms with Crippen molar-refractivity contribution in [3.8, 4) is 0 Å². The third kappa shape index (κ3) is 3.28. The number of likely N-dealkylation sites (N-methyl/N-ethyl adjacent to an activating group) is 1. The van der Waals surface area contributed by atoms with E-state index in [-0.39, 0.29) is 5.95 Å². The normalized spacial score (nSPS) is 11.4. The summed E-state index contributed by atoms with van der Waals surface area (Å²) in [5.41, 5.74) is 1.46. The summed E-state index contributed by atoms with van der Waals surface area (Å²) in [5.74, 6) is -0.211. The van der Waals surface area contributed by atoms with E-state index in [4.69, 9.17) is 0 Å². The van der Waals surface area contributed by atoms with Gasteiger partial charge in [-0.3, -0.25) is 0 Å². The average Bonchev–Trinajstić information content (AvgIpc) is 2.50. The molecule has 0 aliphatic heterocycles. The fourth-order valence-electron chi connectivity index (χ4n) is 1.52. The molecule has 1 aromatic heterocycles. The van der Waals surface area contributed by atoms with Gasteiger partial charge in [0.1, 0.15) is 0 Å². The van der Waals surface area contributed by atoms with Crippen molar-refractivity contribution in [2.24, 2.45) is 0 Å². The van der Waals surface area contributed by atoms with Crippen LogP contribution in [0, 0.1) is 12.9 Å². The fraction of sp³-hybridized carbons (Fsp3) is 0.727. The molecule has 1 rings (SSSR count). The Morgan fingerprint density at radius 1 is 1.44 bits per heavy atom. The first-order valence-corrected chi connectivity index (χ1v) is 5.63. The number of hydrogen-bond acceptors (Lipinski definition) is 3. The lowest BCUT2D eigenvalue weighted by Gasteiger charge is -2.09. The van der Waals surface area contributed by atoms with Crippen molar-refractivity contribution < 1.29 is 4.39 Å². The maximum Gasteiger partial charge on any atom is 0.216 e. The van der Waals surface area contributed by atoms with Crippen LogP contribution in [0.3, 0.4) is 0 Å². The van der Waals surface area contributed by atoms with Crippen LogP contribution in [0.25, 0.3) is 0 Å². The van der Waals surface area contributed by atoms with E-state index in [1.807, 2.05) is 27.9 Å². The van der Waals surface area contributed by atoms with Crippen LogP contribution in [0.2, 0.25) is 0 Å². The topological polar surface area (TPSA) is 33.1 Å². The van der Waals surface area contributed by atoms with Gasteiger partial charge in [-0.05, 0) is 27.9 Å². The molecule has 0 bridgehead atoms. The zero-order chi connectivity index (χ0) is 12.1. The largest absolute Gasteiger partial charge is 0.311 e. The Morgan fingerprint density at radius 3 is 2.62 bits per heavy atom. The Labute approximate surface area is 96.4 Å². The molecule has 0 unspecified atom stereocenters. The minimum Gasteiger partial charge on any atom is -0.311 e. The van der Waals surface area contributed by atoms with E-state index in [9.17, 15) is 4.39 Å². The number of aryl methyl sites for hydroxylation is 2. The third-order valence-electron chi connectivity index (χ3n) is 2.52. The van der Waals surface area contributed by atoms with Crippen LogP contribution in [-0.4, -0.2) is 41.9 Å². The lowest BCUT2D eigenvalue weighted by Crippen LogP contribution is -2.26. The van der Waals surface area contributed by atoms with Gasteiger partial charge in [0.2, 0.25) is 5.95 Å². The van der Waals surface area contributed by atoms with E-state index in [1.165, 1.54) is 4.68 Å². The Balaban J connectivity index is 2.50. The number of aromatic nitrogens is 2. The van der Waals surface area contributed by atoms with Crippen molar-refractivity contribution >= 4 is 0 Å². The highest BCUT2D eigenvalue weighted by atomic mass is 19.1. The van der Waals surface area contributed by atoms with E-state index in [2.05, 4.69) is 15.3 Å². The summed E-state index contributed by atoms with van der Waals surface area (Å²) in [5, 5.41) is 7.35. The van der Waals surface area contributed by atoms with Crippen LogP contribution >= 0.6 is 0 Å². The van der Waals surface area contributed by atoms with Gasteiger partial charge < -0.3 is 10.2 Å². The molecule has 4 nitrogen and oxygen atoms in total. The molecule has 0 atom stereocenters. The number of nitrogens with zero attached hydrogens (tertiary/aromatic N) is 3. The predicted molar refractivity (Wildman–Crippen MR) is 62.9 cm³/mol. The monoisotopic (exact) mass is 228 g/mol. The van der Waals surface area contributed by atoms with Crippen LogP contribution in [0.5, 0.6) is 0 Å². The number of hydrogen-bond donors (Lipinski definition) is 1. The van der Waals surface area contributed by atoms with Gasteiger partial charge in [-0.15, -0.1) is 0 Å². The Morgan fingerprint density at radius 2 is 2.12 bits per heavy atom. The molecule has 92 valence electrons. The molecule has 0 spiro atoms. The summed E-state index contributed by atoms with van der Waals surface area (Å²) < 4.78 is 15.1. The molecule has 5 heteroatoms. The highest BCUT2D eigenvalue weighted by Crippen LogP contribution is 2.11. The highest BCUT2D eigenvalue weighted by molar-refractivity contribution is 5.17. The Hall–Kier alpha value is -0.940. The van der Waals surface area contributed by atoms with Crippen LogP contribution in [0.15, 0.2) is 0 Å². The first-order chi connectivity index (χ1) is 7.56. The van der Waals surface area contributed by atoms with Crippen molar-refractivity contribution in [2.45, 2.75) is 26.9 Å². The zero-order valence-electron chi connectivity index (χ0n) is 10.5. The first kappa shape index (κ1) is 13.1. The van der Waals surface area contributed by atoms with E-state index in [0.717, 1.165) is 18.8 Å². The first-order valence-electron chi connectivity index (χ1n) is 5.63. The summed E-state index contributed by atoms with van der Waals surface area (Å²) in [6.45, 7) is 6.65. The van der Waals surface area contributed by atoms with Crippen molar-refractivity contribution in [1.82, 2.24) is 20.0 Å². The number of rotatable bonds is 6. The van der Waals surface area contributed by atoms with E-state index >= 15 is 0 Å². The van der Waals surface area contributed by atoms with Gasteiger partial charge in [-0.25, -0.2) is 4.68 Å². The van der Waals surface area contributed by atoms with Crippen LogP contribution in [-0.2, 0) is 13.1 Å². The summed E-state index contributed by atoms with van der Waals surface area (Å²) in [7, 11) is 4.03. The molecule has 0 radical (unpaired) electrons. The van der Waals surface area contributed by atoms with Crippen molar-refractivity contribution in [2.75, 3.05) is 27.2 Å². The quantitative estimate of drug-likeness (QED) is 0.737. The Bertz CT molecular complexity index is 333. The average molecular weight is 228 g/mol. The van der Waals surface area contributed by atoms with Gasteiger partial charge in [0.05, 0.1) is 5.69 Å². The van der Waals surface area contributed by atoms with Crippen molar-refractivity contribution in [3.05, 3.63) is 17.2 Å². The highest BCUT2D eigenvalue weighted by Gasteiger charge is 2.13. The van der Waals surface area contributed by atoms with Gasteiger partial charge >= 0.3 is 0 Å². The fourth-order valence-corrected chi connectivity index (χ4v) is 1.52. The van der Waals surface area contributed by atoms with Crippen LogP contribution in [0.4, 0.5) is 4.39 Å². The molecule has 0 aliphatic rings. The van der Waals surface area contributed by atoms with E-state index < -0.39 is 0 Å². The summed E-state index contributed by atoms with van der Waals surface area (Å²) in [6.07, 6.45) is 0. The van der Waals surface area contributed by atoms with Crippen molar-refractivity contribution in [3.63, 3.8) is 0 Å². The molecule has 1 aromatic rings. The molecule has 16 heavy (non-hydrogen) atoms. The van der Waals surface area contributed by atoms with E-state index in [1.54, 1.807) is 0 Å². The predicted octanol–water partition coefficient (Wildman–Crippen LogP) is 1.00. The summed E-state index contributed by atoms with van der Waals surface area (Å²) in [4.78, 5) is 2.09.